The summed E-state index contributed by atoms with van der Waals surface area (Å²) in [6, 6.07) is 9.91. The Morgan fingerprint density at radius 2 is 2.06 bits per heavy atom. The Morgan fingerprint density at radius 1 is 1.25 bits per heavy atom. The molecule has 0 aliphatic carbocycles. The van der Waals surface area contributed by atoms with Gasteiger partial charge in [0.2, 0.25) is 0 Å². The van der Waals surface area contributed by atoms with Gasteiger partial charge >= 0.3 is 0 Å². The van der Waals surface area contributed by atoms with E-state index in [2.05, 4.69) is 4.98 Å². The number of hydrogen-bond acceptors (Lipinski definition) is 3. The number of nitrogens with one attached hydrogen (secondary N) is 1. The Hall–Kier alpha value is -2.54. The maximum atomic E-state index is 11.2. The second kappa shape index (κ2) is 3.91. The molecule has 16 heavy (non-hydrogen) atoms. The Balaban J connectivity index is 2.58. The van der Waals surface area contributed by atoms with Crippen LogP contribution >= 0.6 is 0 Å². The first kappa shape index (κ1) is 9.99. The minimum absolute atomic E-state index is 0.0563. The van der Waals surface area contributed by atoms with Crippen molar-refractivity contribution >= 4 is 0 Å². The van der Waals surface area contributed by atoms with Crippen LogP contribution in [0.4, 0.5) is 0 Å². The van der Waals surface area contributed by atoms with Gasteiger partial charge in [-0.2, -0.15) is 5.26 Å². The molecular formula is C12H8N2O2. The maximum Gasteiger partial charge on any atom is 0.265 e. The molecule has 0 fully saturated rings. The van der Waals surface area contributed by atoms with E-state index in [0.29, 0.717) is 5.56 Å². The van der Waals surface area contributed by atoms with Gasteiger partial charge in [0.1, 0.15) is 17.4 Å². The van der Waals surface area contributed by atoms with Gasteiger partial charge in [0, 0.05) is 6.20 Å². The molecule has 0 saturated heterocycles. The molecule has 2 N–H and O–H groups in total. The van der Waals surface area contributed by atoms with Crippen LogP contribution in [0, 0.1) is 11.3 Å². The fourth-order valence-electron chi connectivity index (χ4n) is 1.42. The van der Waals surface area contributed by atoms with Gasteiger partial charge in [-0.1, -0.05) is 12.1 Å². The number of nitriles is 1. The highest BCUT2D eigenvalue weighted by Gasteiger charge is 2.03. The predicted molar refractivity (Wildman–Crippen MR) is 58.9 cm³/mol. The van der Waals surface area contributed by atoms with E-state index in [1.165, 1.54) is 12.3 Å². The molecule has 0 radical (unpaired) electrons. The molecule has 1 heterocycles. The highest BCUT2D eigenvalue weighted by Crippen LogP contribution is 2.22. The van der Waals surface area contributed by atoms with Crippen molar-refractivity contribution in [2.75, 3.05) is 0 Å². The van der Waals surface area contributed by atoms with E-state index in [1.54, 1.807) is 24.3 Å². The van der Waals surface area contributed by atoms with Gasteiger partial charge in [0.05, 0.1) is 0 Å². The summed E-state index contributed by atoms with van der Waals surface area (Å²) in [7, 11) is 0. The zero-order valence-corrected chi connectivity index (χ0v) is 8.27. The van der Waals surface area contributed by atoms with E-state index in [1.807, 2.05) is 6.07 Å². The van der Waals surface area contributed by atoms with Gasteiger partial charge in [-0.25, -0.2) is 0 Å². The first-order valence-electron chi connectivity index (χ1n) is 4.63. The summed E-state index contributed by atoms with van der Waals surface area (Å²) in [5.41, 5.74) is 1.08. The zero-order chi connectivity index (χ0) is 11.5. The van der Waals surface area contributed by atoms with Crippen molar-refractivity contribution in [2.24, 2.45) is 0 Å². The Morgan fingerprint density at radius 3 is 2.75 bits per heavy atom. The number of H-pyrrole nitrogens is 1. The lowest BCUT2D eigenvalue weighted by molar-refractivity contribution is 0.475. The number of aromatic hydroxyl groups is 1. The summed E-state index contributed by atoms with van der Waals surface area (Å²) in [4.78, 5) is 13.7. The molecule has 2 aromatic rings. The smallest absolute Gasteiger partial charge is 0.265 e. The van der Waals surface area contributed by atoms with Crippen LogP contribution in [0.2, 0.25) is 0 Å². The number of aromatic amines is 1. The van der Waals surface area contributed by atoms with Gasteiger partial charge in [-0.3, -0.25) is 4.79 Å². The monoisotopic (exact) mass is 212 g/mol. The lowest BCUT2D eigenvalue weighted by atomic mass is 10.1. The molecule has 0 bridgehead atoms. The van der Waals surface area contributed by atoms with E-state index >= 15 is 0 Å². The third-order valence-electron chi connectivity index (χ3n) is 2.20. The average molecular weight is 212 g/mol. The third-order valence-corrected chi connectivity index (χ3v) is 2.20. The molecule has 1 aromatic carbocycles. The minimum Gasteiger partial charge on any atom is -0.508 e. The van der Waals surface area contributed by atoms with E-state index in [9.17, 15) is 9.90 Å². The van der Waals surface area contributed by atoms with Crippen molar-refractivity contribution in [3.05, 3.63) is 52.4 Å². The quantitative estimate of drug-likeness (QED) is 0.754. The van der Waals surface area contributed by atoms with Crippen molar-refractivity contribution in [3.63, 3.8) is 0 Å². The lowest BCUT2D eigenvalue weighted by Crippen LogP contribution is -2.08. The van der Waals surface area contributed by atoms with Crippen molar-refractivity contribution in [1.82, 2.24) is 4.98 Å². The highest BCUT2D eigenvalue weighted by atomic mass is 16.3. The number of phenols is 1. The van der Waals surface area contributed by atoms with Crippen molar-refractivity contribution in [1.29, 1.82) is 5.26 Å². The Kier molecular flexibility index (Phi) is 2.44. The topological polar surface area (TPSA) is 76.9 Å². The molecule has 2 rings (SSSR count). The first-order chi connectivity index (χ1) is 7.70. The molecule has 0 saturated carbocycles. The van der Waals surface area contributed by atoms with Crippen LogP contribution in [-0.4, -0.2) is 10.1 Å². The molecule has 0 spiro atoms. The summed E-state index contributed by atoms with van der Waals surface area (Å²) >= 11 is 0. The molecular weight excluding hydrogens is 204 g/mol. The SMILES string of the molecule is N#Cc1cc(-c2cccc(O)c2)c[nH]c1=O. The number of rotatable bonds is 1. The van der Waals surface area contributed by atoms with E-state index in [-0.39, 0.29) is 11.3 Å². The van der Waals surface area contributed by atoms with Gasteiger partial charge < -0.3 is 10.1 Å². The van der Waals surface area contributed by atoms with E-state index < -0.39 is 5.56 Å². The first-order valence-corrected chi connectivity index (χ1v) is 4.63. The molecule has 4 heteroatoms. The second-order valence-electron chi connectivity index (χ2n) is 3.29. The lowest BCUT2D eigenvalue weighted by Gasteiger charge is -2.01. The van der Waals surface area contributed by atoms with Crippen molar-refractivity contribution < 1.29 is 5.11 Å². The zero-order valence-electron chi connectivity index (χ0n) is 8.27. The maximum absolute atomic E-state index is 11.2. The normalized spacial score (nSPS) is 9.69. The Labute approximate surface area is 91.4 Å². The summed E-state index contributed by atoms with van der Waals surface area (Å²) in [6.45, 7) is 0. The largest absolute Gasteiger partial charge is 0.508 e. The average Bonchev–Trinajstić information content (AvgIpc) is 2.29. The third kappa shape index (κ3) is 1.79. The van der Waals surface area contributed by atoms with Crippen LogP contribution in [0.1, 0.15) is 5.56 Å². The molecule has 78 valence electrons. The summed E-state index contributed by atoms with van der Waals surface area (Å²) in [6.07, 6.45) is 1.51. The summed E-state index contributed by atoms with van der Waals surface area (Å²) in [5, 5.41) is 18.0. The molecule has 0 aliphatic heterocycles. The van der Waals surface area contributed by atoms with Gasteiger partial charge in [0.25, 0.3) is 5.56 Å². The number of hydrogen-bond donors (Lipinski definition) is 2. The molecule has 0 atom stereocenters. The molecule has 0 amide bonds. The molecule has 0 unspecified atom stereocenters. The van der Waals surface area contributed by atoms with Crippen LogP contribution in [-0.2, 0) is 0 Å². The second-order valence-corrected chi connectivity index (χ2v) is 3.29. The summed E-state index contributed by atoms with van der Waals surface area (Å²) < 4.78 is 0. The van der Waals surface area contributed by atoms with Crippen molar-refractivity contribution in [3.8, 4) is 22.9 Å². The van der Waals surface area contributed by atoms with Gasteiger partial charge in [-0.15, -0.1) is 0 Å². The summed E-state index contributed by atoms with van der Waals surface area (Å²) in [5.74, 6) is 0.141. The van der Waals surface area contributed by atoms with E-state index in [4.69, 9.17) is 5.26 Å². The number of nitrogens with zero attached hydrogens (tertiary/aromatic N) is 1. The van der Waals surface area contributed by atoms with Gasteiger partial charge in [-0.05, 0) is 29.3 Å². The number of aromatic nitrogens is 1. The number of phenolic OH excluding ortho intramolecular Hbond substituents is 1. The van der Waals surface area contributed by atoms with Crippen molar-refractivity contribution in [2.45, 2.75) is 0 Å². The van der Waals surface area contributed by atoms with Gasteiger partial charge in [0.15, 0.2) is 0 Å². The number of benzene rings is 1. The molecule has 1 aromatic heterocycles. The predicted octanol–water partition coefficient (Wildman–Crippen LogP) is 1.62. The minimum atomic E-state index is -0.411. The van der Waals surface area contributed by atoms with Crippen LogP contribution in [0.5, 0.6) is 5.75 Å². The number of pyridine rings is 1. The van der Waals surface area contributed by atoms with Crippen LogP contribution in [0.3, 0.4) is 0 Å². The fraction of sp³-hybridized carbons (Fsp3) is 0. The Bertz CT molecular complexity index is 623. The van der Waals surface area contributed by atoms with E-state index in [0.717, 1.165) is 5.56 Å². The van der Waals surface area contributed by atoms with Crippen LogP contribution < -0.4 is 5.56 Å². The van der Waals surface area contributed by atoms with Crippen LogP contribution in [0.25, 0.3) is 11.1 Å². The molecule has 0 aliphatic rings. The van der Waals surface area contributed by atoms with Crippen LogP contribution in [0.15, 0.2) is 41.3 Å². The highest BCUT2D eigenvalue weighted by molar-refractivity contribution is 5.65. The fourth-order valence-corrected chi connectivity index (χ4v) is 1.42. The standard InChI is InChI=1S/C12H8N2O2/c13-6-9-4-10(7-14-12(9)16)8-2-1-3-11(15)5-8/h1-5,7,15H,(H,14,16). The molecule has 4 nitrogen and oxygen atoms in total.